The molecule has 1 rings (SSSR count). The predicted molar refractivity (Wildman–Crippen MR) is 68.9 cm³/mol. The lowest BCUT2D eigenvalue weighted by atomic mass is 10.4. The molecule has 1 aromatic heterocycles. The largest absolute Gasteiger partial charge is 0.352 e. The van der Waals surface area contributed by atoms with E-state index < -0.39 is 28.9 Å². The molecular weight excluding hydrogens is 314 g/mol. The SMILES string of the molecule is CCNCc1cc(S(=O)(=O)NCC(F)(F)C(F)F)cn1C. The van der Waals surface area contributed by atoms with Gasteiger partial charge in [-0.25, -0.2) is 21.9 Å². The molecule has 122 valence electrons. The summed E-state index contributed by atoms with van der Waals surface area (Å²) in [5.74, 6) is -4.41. The number of hydrogen-bond acceptors (Lipinski definition) is 3. The van der Waals surface area contributed by atoms with Crippen molar-refractivity contribution in [3.8, 4) is 0 Å². The van der Waals surface area contributed by atoms with Crippen molar-refractivity contribution in [2.75, 3.05) is 13.1 Å². The fourth-order valence-corrected chi connectivity index (χ4v) is 2.64. The van der Waals surface area contributed by atoms with Gasteiger partial charge in [-0.05, 0) is 12.6 Å². The Balaban J connectivity index is 2.84. The quantitative estimate of drug-likeness (QED) is 0.706. The second kappa shape index (κ2) is 6.75. The molecule has 0 aliphatic heterocycles. The van der Waals surface area contributed by atoms with E-state index in [-0.39, 0.29) is 4.90 Å². The molecule has 0 radical (unpaired) electrons. The summed E-state index contributed by atoms with van der Waals surface area (Å²) in [6.45, 7) is 1.29. The number of sulfonamides is 1. The number of nitrogens with one attached hydrogen (secondary N) is 2. The maximum Gasteiger partial charge on any atom is 0.320 e. The standard InChI is InChI=1S/C11H17F4N3O2S/c1-3-16-5-8-4-9(6-18(8)2)21(19,20)17-7-11(14,15)10(12)13/h4,6,10,16-17H,3,5,7H2,1-2H3. The zero-order chi connectivity index (χ0) is 16.3. The van der Waals surface area contributed by atoms with Crippen LogP contribution in [-0.2, 0) is 23.6 Å². The maximum atomic E-state index is 12.8. The molecule has 0 aliphatic rings. The third-order valence-electron chi connectivity index (χ3n) is 2.77. The molecule has 10 heteroatoms. The Kier molecular flexibility index (Phi) is 5.76. The summed E-state index contributed by atoms with van der Waals surface area (Å²) >= 11 is 0. The molecular formula is C11H17F4N3O2S. The summed E-state index contributed by atoms with van der Waals surface area (Å²) in [5, 5.41) is 2.99. The number of alkyl halides is 4. The zero-order valence-corrected chi connectivity index (χ0v) is 12.4. The van der Waals surface area contributed by atoms with Crippen LogP contribution in [0.15, 0.2) is 17.2 Å². The van der Waals surface area contributed by atoms with Gasteiger partial charge in [0.05, 0.1) is 11.4 Å². The number of halogens is 4. The van der Waals surface area contributed by atoms with Crippen LogP contribution in [0, 0.1) is 0 Å². The molecule has 1 aromatic rings. The molecule has 0 atom stereocenters. The minimum Gasteiger partial charge on any atom is -0.352 e. The second-order valence-corrected chi connectivity index (χ2v) is 6.21. The van der Waals surface area contributed by atoms with Gasteiger partial charge in [-0.15, -0.1) is 0 Å². The first-order valence-electron chi connectivity index (χ1n) is 6.11. The van der Waals surface area contributed by atoms with Crippen LogP contribution in [0.3, 0.4) is 0 Å². The van der Waals surface area contributed by atoms with Crippen molar-refractivity contribution in [1.29, 1.82) is 0 Å². The van der Waals surface area contributed by atoms with Crippen LogP contribution in [0.25, 0.3) is 0 Å². The van der Waals surface area contributed by atoms with Gasteiger partial charge in [-0.2, -0.15) is 8.78 Å². The highest BCUT2D eigenvalue weighted by molar-refractivity contribution is 7.89. The van der Waals surface area contributed by atoms with E-state index >= 15 is 0 Å². The lowest BCUT2D eigenvalue weighted by Crippen LogP contribution is -2.41. The van der Waals surface area contributed by atoms with Crippen molar-refractivity contribution in [2.24, 2.45) is 7.05 Å². The van der Waals surface area contributed by atoms with Crippen molar-refractivity contribution in [3.63, 3.8) is 0 Å². The molecule has 2 N–H and O–H groups in total. The fourth-order valence-electron chi connectivity index (χ4n) is 1.50. The minimum atomic E-state index is -4.41. The van der Waals surface area contributed by atoms with Crippen LogP contribution in [-0.4, -0.2) is 38.4 Å². The second-order valence-electron chi connectivity index (χ2n) is 4.44. The van der Waals surface area contributed by atoms with Gasteiger partial charge in [0.2, 0.25) is 10.0 Å². The molecule has 21 heavy (non-hydrogen) atoms. The molecule has 0 saturated heterocycles. The predicted octanol–water partition coefficient (Wildman–Crippen LogP) is 1.31. The molecule has 0 fully saturated rings. The van der Waals surface area contributed by atoms with Crippen LogP contribution in [0.5, 0.6) is 0 Å². The zero-order valence-electron chi connectivity index (χ0n) is 11.5. The first-order valence-corrected chi connectivity index (χ1v) is 7.60. The minimum absolute atomic E-state index is 0.247. The van der Waals surface area contributed by atoms with Crippen molar-refractivity contribution in [1.82, 2.24) is 14.6 Å². The van der Waals surface area contributed by atoms with Gasteiger partial charge >= 0.3 is 12.3 Å². The number of aryl methyl sites for hydroxylation is 1. The first-order chi connectivity index (χ1) is 9.60. The highest BCUT2D eigenvalue weighted by Crippen LogP contribution is 2.22. The van der Waals surface area contributed by atoms with Crippen molar-refractivity contribution < 1.29 is 26.0 Å². The van der Waals surface area contributed by atoms with Gasteiger partial charge in [0, 0.05) is 25.5 Å². The molecule has 0 unspecified atom stereocenters. The molecule has 1 heterocycles. The van der Waals surface area contributed by atoms with E-state index in [0.29, 0.717) is 18.8 Å². The Labute approximate surface area is 120 Å². The summed E-state index contributed by atoms with van der Waals surface area (Å²) in [6.07, 6.45) is -2.70. The Morgan fingerprint density at radius 3 is 2.52 bits per heavy atom. The van der Waals surface area contributed by atoms with Gasteiger partial charge in [0.1, 0.15) is 0 Å². The van der Waals surface area contributed by atoms with Gasteiger partial charge in [0.25, 0.3) is 0 Å². The highest BCUT2D eigenvalue weighted by atomic mass is 32.2. The van der Waals surface area contributed by atoms with E-state index in [1.165, 1.54) is 21.6 Å². The number of rotatable bonds is 8. The number of hydrogen-bond donors (Lipinski definition) is 2. The monoisotopic (exact) mass is 331 g/mol. The Hall–Kier alpha value is -1.13. The summed E-state index contributed by atoms with van der Waals surface area (Å²) in [6, 6.07) is 1.30. The maximum absolute atomic E-state index is 12.8. The molecule has 0 amide bonds. The van der Waals surface area contributed by atoms with E-state index in [2.05, 4.69) is 5.32 Å². The van der Waals surface area contributed by atoms with Crippen LogP contribution >= 0.6 is 0 Å². The van der Waals surface area contributed by atoms with E-state index in [0.717, 1.165) is 0 Å². The summed E-state index contributed by atoms with van der Waals surface area (Å²) < 4.78 is 76.2. The lowest BCUT2D eigenvalue weighted by molar-refractivity contribution is -0.122. The molecule has 0 bridgehead atoms. The Bertz CT molecular complexity index is 572. The van der Waals surface area contributed by atoms with Crippen molar-refractivity contribution in [2.45, 2.75) is 30.7 Å². The molecule has 0 saturated carbocycles. The van der Waals surface area contributed by atoms with Crippen LogP contribution in [0.2, 0.25) is 0 Å². The Morgan fingerprint density at radius 1 is 1.38 bits per heavy atom. The van der Waals surface area contributed by atoms with Crippen molar-refractivity contribution >= 4 is 10.0 Å². The molecule has 0 aliphatic carbocycles. The van der Waals surface area contributed by atoms with E-state index in [4.69, 9.17) is 0 Å². The highest BCUT2D eigenvalue weighted by Gasteiger charge is 2.41. The Morgan fingerprint density at radius 2 is 2.00 bits per heavy atom. The van der Waals surface area contributed by atoms with E-state index in [1.807, 2.05) is 6.92 Å². The average molecular weight is 331 g/mol. The van der Waals surface area contributed by atoms with Gasteiger partial charge in [-0.3, -0.25) is 0 Å². The average Bonchev–Trinajstić information content (AvgIpc) is 2.76. The van der Waals surface area contributed by atoms with Gasteiger partial charge in [0.15, 0.2) is 0 Å². The van der Waals surface area contributed by atoms with Gasteiger partial charge < -0.3 is 9.88 Å². The number of nitrogens with zero attached hydrogens (tertiary/aromatic N) is 1. The topological polar surface area (TPSA) is 63.1 Å². The fraction of sp³-hybridized carbons (Fsp3) is 0.636. The van der Waals surface area contributed by atoms with Crippen LogP contribution < -0.4 is 10.0 Å². The number of aromatic nitrogens is 1. The smallest absolute Gasteiger partial charge is 0.320 e. The first kappa shape index (κ1) is 17.9. The van der Waals surface area contributed by atoms with Crippen LogP contribution in [0.1, 0.15) is 12.6 Å². The molecule has 0 aromatic carbocycles. The molecule has 0 spiro atoms. The van der Waals surface area contributed by atoms with E-state index in [1.54, 1.807) is 7.05 Å². The van der Waals surface area contributed by atoms with Crippen LogP contribution in [0.4, 0.5) is 17.6 Å². The third kappa shape index (κ3) is 4.68. The van der Waals surface area contributed by atoms with E-state index in [9.17, 15) is 26.0 Å². The molecule has 5 nitrogen and oxygen atoms in total. The van der Waals surface area contributed by atoms with Crippen molar-refractivity contribution in [3.05, 3.63) is 18.0 Å². The third-order valence-corrected chi connectivity index (χ3v) is 4.13. The summed E-state index contributed by atoms with van der Waals surface area (Å²) in [7, 11) is -2.67. The summed E-state index contributed by atoms with van der Waals surface area (Å²) in [5.41, 5.74) is 0.623. The normalized spacial score (nSPS) is 13.1. The summed E-state index contributed by atoms with van der Waals surface area (Å²) in [4.78, 5) is -0.247. The van der Waals surface area contributed by atoms with Gasteiger partial charge in [-0.1, -0.05) is 6.92 Å². The lowest BCUT2D eigenvalue weighted by Gasteiger charge is -2.15.